The lowest BCUT2D eigenvalue weighted by molar-refractivity contribution is 0.0846. The first-order valence-electron chi connectivity index (χ1n) is 10.6. The van der Waals surface area contributed by atoms with Gasteiger partial charge in [-0.2, -0.15) is 0 Å². The molecule has 4 rings (SSSR count). The summed E-state index contributed by atoms with van der Waals surface area (Å²) in [4.78, 5) is 26.1. The number of hydrogen-bond acceptors (Lipinski definition) is 5. The van der Waals surface area contributed by atoms with Crippen molar-refractivity contribution in [1.29, 1.82) is 0 Å². The SMILES string of the molecule is CC(C)c1ncc(C(=O)Nc2c(-c3cc(F)ccc3F)ccnc2C2CCOCC2)cn1. The van der Waals surface area contributed by atoms with E-state index < -0.39 is 17.5 Å². The van der Waals surface area contributed by atoms with Crippen LogP contribution in [0.15, 0.2) is 42.9 Å². The molecule has 1 N–H and O–H groups in total. The van der Waals surface area contributed by atoms with Crippen molar-refractivity contribution >= 4 is 11.6 Å². The van der Waals surface area contributed by atoms with Crippen LogP contribution in [0, 0.1) is 11.6 Å². The van der Waals surface area contributed by atoms with Crippen molar-refractivity contribution in [1.82, 2.24) is 15.0 Å². The molecule has 8 heteroatoms. The lowest BCUT2D eigenvalue weighted by Gasteiger charge is -2.25. The van der Waals surface area contributed by atoms with E-state index in [1.54, 1.807) is 12.3 Å². The molecule has 1 fully saturated rings. The Labute approximate surface area is 185 Å². The number of aromatic nitrogens is 3. The zero-order valence-corrected chi connectivity index (χ0v) is 17.9. The monoisotopic (exact) mass is 438 g/mol. The van der Waals surface area contributed by atoms with E-state index in [1.165, 1.54) is 12.4 Å². The van der Waals surface area contributed by atoms with E-state index >= 15 is 0 Å². The molecule has 0 saturated carbocycles. The molecule has 1 amide bonds. The molecule has 0 aliphatic carbocycles. The van der Waals surface area contributed by atoms with Crippen LogP contribution in [0.2, 0.25) is 0 Å². The number of carbonyl (C=O) groups excluding carboxylic acids is 1. The van der Waals surface area contributed by atoms with Crippen LogP contribution >= 0.6 is 0 Å². The second-order valence-electron chi connectivity index (χ2n) is 8.07. The summed E-state index contributed by atoms with van der Waals surface area (Å²) in [5.41, 5.74) is 1.68. The van der Waals surface area contributed by atoms with Gasteiger partial charge in [-0.15, -0.1) is 0 Å². The number of ether oxygens (including phenoxy) is 1. The number of amides is 1. The first kappa shape index (κ1) is 22.0. The van der Waals surface area contributed by atoms with Gasteiger partial charge in [0.05, 0.1) is 16.9 Å². The number of pyridine rings is 1. The van der Waals surface area contributed by atoms with Crippen LogP contribution < -0.4 is 5.32 Å². The van der Waals surface area contributed by atoms with Crippen molar-refractivity contribution in [3.63, 3.8) is 0 Å². The highest BCUT2D eigenvalue weighted by Gasteiger charge is 2.25. The van der Waals surface area contributed by atoms with Crippen LogP contribution in [-0.2, 0) is 4.74 Å². The standard InChI is InChI=1S/C24H24F2N4O2/c1-14(2)23-28-12-16(13-29-23)24(31)30-22-18(19-11-17(25)3-4-20(19)26)5-8-27-21(22)15-6-9-32-10-7-15/h3-5,8,11-15H,6-7,9-10H2,1-2H3,(H,30,31). The van der Waals surface area contributed by atoms with Crippen LogP contribution in [0.1, 0.15) is 60.4 Å². The zero-order valence-electron chi connectivity index (χ0n) is 17.9. The predicted octanol–water partition coefficient (Wildman–Crippen LogP) is 5.09. The van der Waals surface area contributed by atoms with Crippen LogP contribution in [0.3, 0.4) is 0 Å². The minimum Gasteiger partial charge on any atom is -0.381 e. The fourth-order valence-electron chi connectivity index (χ4n) is 3.76. The molecular formula is C24H24F2N4O2. The fourth-order valence-corrected chi connectivity index (χ4v) is 3.76. The molecular weight excluding hydrogens is 414 g/mol. The van der Waals surface area contributed by atoms with Gasteiger partial charge in [0.2, 0.25) is 0 Å². The molecule has 0 bridgehead atoms. The largest absolute Gasteiger partial charge is 0.381 e. The number of benzene rings is 1. The normalized spacial score (nSPS) is 14.5. The maximum absolute atomic E-state index is 14.6. The van der Waals surface area contributed by atoms with Gasteiger partial charge < -0.3 is 10.1 Å². The summed E-state index contributed by atoms with van der Waals surface area (Å²) in [5.74, 6) is -0.812. The van der Waals surface area contributed by atoms with E-state index in [4.69, 9.17) is 4.74 Å². The number of anilines is 1. The summed E-state index contributed by atoms with van der Waals surface area (Å²) in [6, 6.07) is 4.83. The number of nitrogens with zero attached hydrogens (tertiary/aromatic N) is 3. The summed E-state index contributed by atoms with van der Waals surface area (Å²) in [7, 11) is 0. The molecule has 1 aromatic carbocycles. The molecule has 1 saturated heterocycles. The Morgan fingerprint density at radius 3 is 2.47 bits per heavy atom. The van der Waals surface area contributed by atoms with Crippen LogP contribution in [-0.4, -0.2) is 34.1 Å². The average molecular weight is 438 g/mol. The van der Waals surface area contributed by atoms with Gasteiger partial charge in [0.15, 0.2) is 0 Å². The number of rotatable bonds is 5. The minimum absolute atomic E-state index is 0.0233. The topological polar surface area (TPSA) is 77.0 Å². The van der Waals surface area contributed by atoms with E-state index in [9.17, 15) is 13.6 Å². The van der Waals surface area contributed by atoms with E-state index in [2.05, 4.69) is 20.3 Å². The van der Waals surface area contributed by atoms with Crippen molar-refractivity contribution in [3.8, 4) is 11.1 Å². The molecule has 0 unspecified atom stereocenters. The molecule has 1 aliphatic rings. The highest BCUT2D eigenvalue weighted by Crippen LogP contribution is 2.38. The quantitative estimate of drug-likeness (QED) is 0.601. The number of carbonyl (C=O) groups is 1. The molecule has 6 nitrogen and oxygen atoms in total. The van der Waals surface area contributed by atoms with Crippen molar-refractivity contribution in [3.05, 3.63) is 71.6 Å². The van der Waals surface area contributed by atoms with E-state index in [-0.39, 0.29) is 23.0 Å². The van der Waals surface area contributed by atoms with Gasteiger partial charge >= 0.3 is 0 Å². The second kappa shape index (κ2) is 9.48. The average Bonchev–Trinajstić information content (AvgIpc) is 2.81. The summed E-state index contributed by atoms with van der Waals surface area (Å²) in [6.07, 6.45) is 5.92. The Kier molecular flexibility index (Phi) is 6.50. The Morgan fingerprint density at radius 1 is 1.06 bits per heavy atom. The molecule has 1 aliphatic heterocycles. The van der Waals surface area contributed by atoms with E-state index in [1.807, 2.05) is 13.8 Å². The van der Waals surface area contributed by atoms with Gasteiger partial charge in [-0.3, -0.25) is 9.78 Å². The minimum atomic E-state index is -0.587. The van der Waals surface area contributed by atoms with Crippen molar-refractivity contribution in [2.75, 3.05) is 18.5 Å². The van der Waals surface area contributed by atoms with E-state index in [0.717, 1.165) is 31.0 Å². The Morgan fingerprint density at radius 2 is 1.78 bits per heavy atom. The Hall–Kier alpha value is -3.26. The first-order chi connectivity index (χ1) is 15.4. The number of hydrogen-bond donors (Lipinski definition) is 1. The molecule has 32 heavy (non-hydrogen) atoms. The van der Waals surface area contributed by atoms with E-state index in [0.29, 0.717) is 36.0 Å². The first-order valence-corrected chi connectivity index (χ1v) is 10.6. The van der Waals surface area contributed by atoms with Crippen LogP contribution in [0.4, 0.5) is 14.5 Å². The molecule has 0 spiro atoms. The van der Waals surface area contributed by atoms with Crippen LogP contribution in [0.5, 0.6) is 0 Å². The third kappa shape index (κ3) is 4.65. The predicted molar refractivity (Wildman–Crippen MR) is 116 cm³/mol. The third-order valence-electron chi connectivity index (χ3n) is 5.50. The molecule has 3 heterocycles. The van der Waals surface area contributed by atoms with Gasteiger partial charge in [-0.25, -0.2) is 18.7 Å². The number of halogens is 2. The van der Waals surface area contributed by atoms with Crippen molar-refractivity contribution in [2.45, 2.75) is 38.5 Å². The van der Waals surface area contributed by atoms with Gasteiger partial charge in [-0.1, -0.05) is 13.8 Å². The van der Waals surface area contributed by atoms with Gasteiger partial charge in [0.1, 0.15) is 17.5 Å². The smallest absolute Gasteiger partial charge is 0.258 e. The second-order valence-corrected chi connectivity index (χ2v) is 8.07. The maximum atomic E-state index is 14.6. The van der Waals surface area contributed by atoms with Crippen molar-refractivity contribution < 1.29 is 18.3 Å². The third-order valence-corrected chi connectivity index (χ3v) is 5.50. The van der Waals surface area contributed by atoms with Gasteiger partial charge in [0, 0.05) is 54.8 Å². The Bertz CT molecular complexity index is 1110. The number of nitrogens with one attached hydrogen (secondary N) is 1. The maximum Gasteiger partial charge on any atom is 0.258 e. The molecule has 166 valence electrons. The summed E-state index contributed by atoms with van der Waals surface area (Å²) >= 11 is 0. The molecule has 2 aromatic heterocycles. The Balaban J connectivity index is 1.77. The lowest BCUT2D eigenvalue weighted by Crippen LogP contribution is -2.20. The summed E-state index contributed by atoms with van der Waals surface area (Å²) < 4.78 is 34.0. The van der Waals surface area contributed by atoms with Crippen LogP contribution in [0.25, 0.3) is 11.1 Å². The lowest BCUT2D eigenvalue weighted by atomic mass is 9.91. The highest BCUT2D eigenvalue weighted by atomic mass is 19.1. The summed E-state index contributed by atoms with van der Waals surface area (Å²) in [5, 5.41) is 2.88. The molecule has 0 atom stereocenters. The zero-order chi connectivity index (χ0) is 22.7. The van der Waals surface area contributed by atoms with Gasteiger partial charge in [0.25, 0.3) is 5.91 Å². The summed E-state index contributed by atoms with van der Waals surface area (Å²) in [6.45, 7) is 5.07. The molecule has 0 radical (unpaired) electrons. The van der Waals surface area contributed by atoms with Crippen molar-refractivity contribution in [2.24, 2.45) is 0 Å². The fraction of sp³-hybridized carbons (Fsp3) is 0.333. The molecule has 3 aromatic rings. The van der Waals surface area contributed by atoms with Gasteiger partial charge in [-0.05, 0) is 37.1 Å². The highest BCUT2D eigenvalue weighted by molar-refractivity contribution is 6.06.